The van der Waals surface area contributed by atoms with Crippen LogP contribution in [0.1, 0.15) is 11.1 Å². The summed E-state index contributed by atoms with van der Waals surface area (Å²) >= 11 is 5.94. The van der Waals surface area contributed by atoms with Crippen LogP contribution in [0.5, 0.6) is 0 Å². The number of rotatable bonds is 4. The number of aryl methyl sites for hydroxylation is 1. The molecule has 4 nitrogen and oxygen atoms in total. The highest BCUT2D eigenvalue weighted by Gasteiger charge is 2.02. The number of carbonyl (C=O) groups is 1. The summed E-state index contributed by atoms with van der Waals surface area (Å²) in [7, 11) is 1.33. The predicted octanol–water partition coefficient (Wildman–Crippen LogP) is 4.44. The molecule has 0 saturated carbocycles. The summed E-state index contributed by atoms with van der Waals surface area (Å²) in [6, 6.07) is 13.3. The number of nitrogens with one attached hydrogen (secondary N) is 2. The average molecular weight is 305 g/mol. The largest absolute Gasteiger partial charge is 0.453 e. The molecule has 0 aliphatic rings. The van der Waals surface area contributed by atoms with Crippen molar-refractivity contribution in [2.75, 3.05) is 17.7 Å². The maximum absolute atomic E-state index is 11.1. The highest BCUT2D eigenvalue weighted by Crippen LogP contribution is 2.18. The van der Waals surface area contributed by atoms with E-state index in [9.17, 15) is 4.79 Å². The van der Waals surface area contributed by atoms with Gasteiger partial charge in [0.25, 0.3) is 0 Å². The molecule has 2 aromatic carbocycles. The minimum absolute atomic E-state index is 0.479. The van der Waals surface area contributed by atoms with Crippen LogP contribution in [0.25, 0.3) is 0 Å². The van der Waals surface area contributed by atoms with Crippen LogP contribution in [0.2, 0.25) is 5.02 Å². The summed E-state index contributed by atoms with van der Waals surface area (Å²) in [4.78, 5) is 11.1. The average Bonchev–Trinajstić information content (AvgIpc) is 2.48. The molecule has 5 heteroatoms. The Hall–Kier alpha value is -2.20. The molecule has 2 aromatic rings. The molecule has 0 aliphatic heterocycles. The third-order valence-corrected chi connectivity index (χ3v) is 3.34. The van der Waals surface area contributed by atoms with Crippen molar-refractivity contribution in [1.82, 2.24) is 0 Å². The third-order valence-electron chi connectivity index (χ3n) is 3.10. The van der Waals surface area contributed by atoms with Gasteiger partial charge in [0.15, 0.2) is 0 Å². The van der Waals surface area contributed by atoms with Crippen molar-refractivity contribution in [3.63, 3.8) is 0 Å². The maximum atomic E-state index is 11.1. The number of amides is 1. The van der Waals surface area contributed by atoms with E-state index < -0.39 is 6.09 Å². The lowest BCUT2D eigenvalue weighted by Gasteiger charge is -2.10. The highest BCUT2D eigenvalue weighted by atomic mass is 35.5. The molecule has 0 unspecified atom stereocenters. The first-order chi connectivity index (χ1) is 10.1. The normalized spacial score (nSPS) is 10.0. The summed E-state index contributed by atoms with van der Waals surface area (Å²) in [5.74, 6) is 0. The Bertz CT molecular complexity index is 627. The third kappa shape index (κ3) is 4.39. The van der Waals surface area contributed by atoms with Crippen molar-refractivity contribution in [1.29, 1.82) is 0 Å². The maximum Gasteiger partial charge on any atom is 0.411 e. The summed E-state index contributed by atoms with van der Waals surface area (Å²) in [6.07, 6.45) is -0.479. The number of ether oxygens (including phenoxy) is 1. The molecular formula is C16H17ClN2O2. The van der Waals surface area contributed by atoms with Crippen molar-refractivity contribution in [3.8, 4) is 0 Å². The lowest BCUT2D eigenvalue weighted by Crippen LogP contribution is -2.10. The second-order valence-corrected chi connectivity index (χ2v) is 5.05. The second-order valence-electron chi connectivity index (χ2n) is 4.62. The van der Waals surface area contributed by atoms with Gasteiger partial charge in [-0.25, -0.2) is 4.79 Å². The fourth-order valence-electron chi connectivity index (χ4n) is 1.90. The number of benzene rings is 2. The zero-order valence-electron chi connectivity index (χ0n) is 11.9. The van der Waals surface area contributed by atoms with Crippen LogP contribution < -0.4 is 10.6 Å². The van der Waals surface area contributed by atoms with E-state index in [4.69, 9.17) is 11.6 Å². The lowest BCUT2D eigenvalue weighted by atomic mass is 10.1. The van der Waals surface area contributed by atoms with Crippen molar-refractivity contribution < 1.29 is 9.53 Å². The Labute approximate surface area is 129 Å². The Balaban J connectivity index is 1.96. The number of anilines is 2. The van der Waals surface area contributed by atoms with Crippen LogP contribution in [-0.4, -0.2) is 13.2 Å². The fraction of sp³-hybridized carbons (Fsp3) is 0.188. The molecule has 0 radical (unpaired) electrons. The number of carbonyl (C=O) groups excluding carboxylic acids is 1. The number of methoxy groups -OCH3 is 1. The molecule has 0 fully saturated rings. The van der Waals surface area contributed by atoms with Crippen molar-refractivity contribution in [2.24, 2.45) is 0 Å². The first-order valence-electron chi connectivity index (χ1n) is 6.52. The monoisotopic (exact) mass is 304 g/mol. The zero-order chi connectivity index (χ0) is 15.2. The second kappa shape index (κ2) is 6.99. The smallest absolute Gasteiger partial charge is 0.411 e. The van der Waals surface area contributed by atoms with Crippen LogP contribution in [-0.2, 0) is 11.3 Å². The summed E-state index contributed by atoms with van der Waals surface area (Å²) in [6.45, 7) is 2.75. The van der Waals surface area contributed by atoms with Crippen LogP contribution in [0, 0.1) is 6.92 Å². The van der Waals surface area contributed by atoms with Crippen LogP contribution in [0.15, 0.2) is 42.5 Å². The number of hydrogen-bond donors (Lipinski definition) is 2. The number of hydrogen-bond acceptors (Lipinski definition) is 3. The van der Waals surface area contributed by atoms with Gasteiger partial charge in [-0.2, -0.15) is 0 Å². The first-order valence-corrected chi connectivity index (χ1v) is 6.90. The molecule has 0 saturated heterocycles. The molecule has 1 amide bonds. The summed E-state index contributed by atoms with van der Waals surface area (Å²) in [5, 5.41) is 6.68. The molecule has 0 aliphatic carbocycles. The zero-order valence-corrected chi connectivity index (χ0v) is 12.7. The molecule has 0 bridgehead atoms. The minimum atomic E-state index is -0.479. The number of halogens is 1. The van der Waals surface area contributed by atoms with Gasteiger partial charge in [-0.3, -0.25) is 5.32 Å². The van der Waals surface area contributed by atoms with Crippen LogP contribution in [0.3, 0.4) is 0 Å². The van der Waals surface area contributed by atoms with Gasteiger partial charge in [0.1, 0.15) is 0 Å². The first kappa shape index (κ1) is 15.2. The SMILES string of the molecule is COC(=O)Nc1ccc(NCc2ccc(Cl)cc2C)cc1. The Kier molecular flexibility index (Phi) is 5.06. The molecular weight excluding hydrogens is 288 g/mol. The molecule has 0 atom stereocenters. The standard InChI is InChI=1S/C16H17ClN2O2/c1-11-9-13(17)4-3-12(11)10-18-14-5-7-15(8-6-14)19-16(20)21-2/h3-9,18H,10H2,1-2H3,(H,19,20). The van der Waals surface area contributed by atoms with E-state index in [0.29, 0.717) is 12.2 Å². The lowest BCUT2D eigenvalue weighted by molar-refractivity contribution is 0.187. The van der Waals surface area contributed by atoms with Gasteiger partial charge in [-0.1, -0.05) is 17.7 Å². The van der Waals surface area contributed by atoms with Crippen molar-refractivity contribution >= 4 is 29.1 Å². The van der Waals surface area contributed by atoms with Gasteiger partial charge in [0.2, 0.25) is 0 Å². The van der Waals surface area contributed by atoms with Crippen LogP contribution in [0.4, 0.5) is 16.2 Å². The van der Waals surface area contributed by atoms with E-state index in [1.165, 1.54) is 12.7 Å². The highest BCUT2D eigenvalue weighted by molar-refractivity contribution is 6.30. The van der Waals surface area contributed by atoms with Gasteiger partial charge in [-0.05, 0) is 54.4 Å². The molecule has 2 rings (SSSR count). The fourth-order valence-corrected chi connectivity index (χ4v) is 2.12. The van der Waals surface area contributed by atoms with E-state index in [2.05, 4.69) is 15.4 Å². The Morgan fingerprint density at radius 1 is 1.14 bits per heavy atom. The molecule has 110 valence electrons. The van der Waals surface area contributed by atoms with E-state index in [0.717, 1.165) is 16.3 Å². The quantitative estimate of drug-likeness (QED) is 0.878. The van der Waals surface area contributed by atoms with E-state index >= 15 is 0 Å². The molecule has 0 heterocycles. The van der Waals surface area contributed by atoms with Crippen LogP contribution >= 0.6 is 11.6 Å². The van der Waals surface area contributed by atoms with E-state index in [1.807, 2.05) is 49.4 Å². The Morgan fingerprint density at radius 2 is 1.81 bits per heavy atom. The predicted molar refractivity (Wildman–Crippen MR) is 86.0 cm³/mol. The van der Waals surface area contributed by atoms with Gasteiger partial charge in [-0.15, -0.1) is 0 Å². The summed E-state index contributed by atoms with van der Waals surface area (Å²) < 4.78 is 4.54. The molecule has 0 spiro atoms. The Morgan fingerprint density at radius 3 is 2.43 bits per heavy atom. The summed E-state index contributed by atoms with van der Waals surface area (Å²) in [5.41, 5.74) is 4.00. The van der Waals surface area contributed by atoms with Gasteiger partial charge in [0, 0.05) is 22.9 Å². The molecule has 0 aromatic heterocycles. The van der Waals surface area contributed by atoms with Crippen molar-refractivity contribution in [2.45, 2.75) is 13.5 Å². The van der Waals surface area contributed by atoms with Gasteiger partial charge >= 0.3 is 6.09 Å². The van der Waals surface area contributed by atoms with E-state index in [1.54, 1.807) is 0 Å². The molecule has 21 heavy (non-hydrogen) atoms. The van der Waals surface area contributed by atoms with Crippen molar-refractivity contribution in [3.05, 3.63) is 58.6 Å². The topological polar surface area (TPSA) is 50.4 Å². The minimum Gasteiger partial charge on any atom is -0.453 e. The molecule has 2 N–H and O–H groups in total. The van der Waals surface area contributed by atoms with Gasteiger partial charge < -0.3 is 10.1 Å². The van der Waals surface area contributed by atoms with Gasteiger partial charge in [0.05, 0.1) is 7.11 Å². The van der Waals surface area contributed by atoms with E-state index in [-0.39, 0.29) is 0 Å².